The molecule has 204 valence electrons. The van der Waals surface area contributed by atoms with Crippen molar-refractivity contribution in [3.8, 4) is 0 Å². The fourth-order valence-electron chi connectivity index (χ4n) is 6.46. The van der Waals surface area contributed by atoms with Gasteiger partial charge in [-0.25, -0.2) is 0 Å². The minimum atomic E-state index is -2.02. The zero-order valence-corrected chi connectivity index (χ0v) is 24.2. The number of imide groups is 1. The summed E-state index contributed by atoms with van der Waals surface area (Å²) in [6.45, 7) is 7.48. The van der Waals surface area contributed by atoms with E-state index in [9.17, 15) is 14.7 Å². The number of carbonyl (C=O) groups is 2. The standard InChI is InChI=1S/C33H34N2O4Si/c1-33(2,3)30(39-40(22-12-6-4-7-13-22)23-14-8-5-9-15-23)21-18-19-35-25-17-11-10-16-24(25)27(26(35)20-21)28-29(36)32(38)34-31(28)37/h4-17,21,30,40H,18-20H2,1-3H3,(H2,34,36,37,38). The number of amides is 2. The summed E-state index contributed by atoms with van der Waals surface area (Å²) < 4.78 is 9.53. The minimum absolute atomic E-state index is 0.0502. The summed E-state index contributed by atoms with van der Waals surface area (Å²) in [4.78, 5) is 25.1. The van der Waals surface area contributed by atoms with Crippen molar-refractivity contribution in [1.29, 1.82) is 0 Å². The van der Waals surface area contributed by atoms with Gasteiger partial charge in [-0.1, -0.05) is 99.6 Å². The SMILES string of the molecule is CC(C)(C)C(O[SiH](c1ccccc1)c1ccccc1)C1CCn2c(c(C3=C(O)C(=O)NC3=O)c3ccccc32)C1. The van der Waals surface area contributed by atoms with E-state index in [0.29, 0.717) is 12.0 Å². The maximum absolute atomic E-state index is 12.9. The molecule has 2 amide bonds. The van der Waals surface area contributed by atoms with Gasteiger partial charge in [-0.15, -0.1) is 0 Å². The number of nitrogens with zero attached hydrogens (tertiary/aromatic N) is 1. The number of aliphatic hydroxyl groups is 1. The Balaban J connectivity index is 1.43. The molecule has 3 aromatic carbocycles. The first-order valence-electron chi connectivity index (χ1n) is 13.9. The first-order chi connectivity index (χ1) is 19.2. The van der Waals surface area contributed by atoms with Crippen molar-refractivity contribution in [3.63, 3.8) is 0 Å². The van der Waals surface area contributed by atoms with Gasteiger partial charge in [0.1, 0.15) is 0 Å². The van der Waals surface area contributed by atoms with Crippen LogP contribution in [-0.2, 0) is 27.0 Å². The van der Waals surface area contributed by atoms with Crippen LogP contribution in [0, 0.1) is 11.3 Å². The Morgan fingerprint density at radius 2 is 1.50 bits per heavy atom. The highest BCUT2D eigenvalue weighted by Gasteiger charge is 2.41. The zero-order valence-electron chi connectivity index (χ0n) is 23.1. The molecule has 0 saturated heterocycles. The van der Waals surface area contributed by atoms with Crippen molar-refractivity contribution >= 4 is 47.7 Å². The zero-order chi connectivity index (χ0) is 28.0. The highest BCUT2D eigenvalue weighted by atomic mass is 28.3. The Labute approximate surface area is 236 Å². The lowest BCUT2D eigenvalue weighted by Crippen LogP contribution is -2.52. The lowest BCUT2D eigenvalue weighted by atomic mass is 9.76. The second-order valence-electron chi connectivity index (χ2n) is 11.9. The van der Waals surface area contributed by atoms with E-state index < -0.39 is 26.6 Å². The van der Waals surface area contributed by atoms with Gasteiger partial charge in [0.05, 0.1) is 11.7 Å². The van der Waals surface area contributed by atoms with E-state index in [4.69, 9.17) is 4.43 Å². The van der Waals surface area contributed by atoms with Crippen LogP contribution in [0.15, 0.2) is 90.7 Å². The Hall–Kier alpha value is -3.94. The first-order valence-corrected chi connectivity index (χ1v) is 15.5. The fraction of sp³-hybridized carbons (Fsp3) is 0.273. The average molecular weight is 551 g/mol. The van der Waals surface area contributed by atoms with Gasteiger partial charge >= 0.3 is 0 Å². The van der Waals surface area contributed by atoms with Crippen LogP contribution < -0.4 is 15.7 Å². The van der Waals surface area contributed by atoms with Gasteiger partial charge in [-0.2, -0.15) is 0 Å². The molecule has 1 aromatic heterocycles. The van der Waals surface area contributed by atoms with Crippen LogP contribution in [0.2, 0.25) is 0 Å². The number of nitrogens with one attached hydrogen (secondary N) is 1. The molecule has 2 unspecified atom stereocenters. The average Bonchev–Trinajstić information content (AvgIpc) is 3.40. The Kier molecular flexibility index (Phi) is 6.72. The monoisotopic (exact) mass is 550 g/mol. The van der Waals surface area contributed by atoms with Crippen LogP contribution in [0.25, 0.3) is 16.5 Å². The molecule has 6 rings (SSSR count). The van der Waals surface area contributed by atoms with Crippen molar-refractivity contribution in [2.45, 2.75) is 46.3 Å². The number of rotatable bonds is 6. The summed E-state index contributed by atoms with van der Waals surface area (Å²) in [7, 11) is -2.02. The lowest BCUT2D eigenvalue weighted by Gasteiger charge is -2.42. The van der Waals surface area contributed by atoms with Gasteiger partial charge in [0, 0.05) is 28.7 Å². The molecule has 0 bridgehead atoms. The van der Waals surface area contributed by atoms with Crippen molar-refractivity contribution in [2.75, 3.05) is 0 Å². The lowest BCUT2D eigenvalue weighted by molar-refractivity contribution is -0.124. The van der Waals surface area contributed by atoms with E-state index in [-0.39, 0.29) is 23.0 Å². The molecular formula is C33H34N2O4Si. The number of aryl methyl sites for hydroxylation is 1. The van der Waals surface area contributed by atoms with Crippen LogP contribution >= 0.6 is 0 Å². The maximum Gasteiger partial charge on any atom is 0.293 e. The second kappa shape index (κ2) is 10.2. The van der Waals surface area contributed by atoms with E-state index in [0.717, 1.165) is 29.6 Å². The van der Waals surface area contributed by atoms with Crippen molar-refractivity contribution in [2.24, 2.45) is 11.3 Å². The van der Waals surface area contributed by atoms with Gasteiger partial charge in [-0.05, 0) is 40.6 Å². The molecule has 0 saturated carbocycles. The largest absolute Gasteiger partial charge is 0.502 e. The fourth-order valence-corrected chi connectivity index (χ4v) is 9.23. The highest BCUT2D eigenvalue weighted by molar-refractivity contribution is 6.80. The molecule has 0 spiro atoms. The van der Waals surface area contributed by atoms with Crippen molar-refractivity contribution in [1.82, 2.24) is 9.88 Å². The van der Waals surface area contributed by atoms with E-state index >= 15 is 0 Å². The number of aliphatic hydroxyl groups excluding tert-OH is 1. The molecule has 2 atom stereocenters. The molecule has 2 aliphatic rings. The number of carbonyl (C=O) groups excluding carboxylic acids is 2. The number of hydrogen-bond acceptors (Lipinski definition) is 4. The van der Waals surface area contributed by atoms with Crippen LogP contribution in [0.1, 0.15) is 38.4 Å². The Morgan fingerprint density at radius 3 is 2.08 bits per heavy atom. The van der Waals surface area contributed by atoms with Crippen LogP contribution in [-0.4, -0.2) is 36.6 Å². The third-order valence-electron chi connectivity index (χ3n) is 8.18. The molecular weight excluding hydrogens is 516 g/mol. The van der Waals surface area contributed by atoms with Gasteiger partial charge < -0.3 is 14.1 Å². The molecule has 0 fully saturated rings. The molecule has 6 nitrogen and oxygen atoms in total. The predicted octanol–water partition coefficient (Wildman–Crippen LogP) is 4.10. The molecule has 2 N–H and O–H groups in total. The number of fused-ring (bicyclic) bond motifs is 3. The maximum atomic E-state index is 12.9. The summed E-state index contributed by atoms with van der Waals surface area (Å²) >= 11 is 0. The van der Waals surface area contributed by atoms with Crippen LogP contribution in [0.4, 0.5) is 0 Å². The van der Waals surface area contributed by atoms with Crippen LogP contribution in [0.3, 0.4) is 0 Å². The third-order valence-corrected chi connectivity index (χ3v) is 10.7. The van der Waals surface area contributed by atoms with E-state index in [1.165, 1.54) is 10.4 Å². The van der Waals surface area contributed by atoms with Crippen molar-refractivity contribution < 1.29 is 19.1 Å². The quantitative estimate of drug-likeness (QED) is 0.280. The highest BCUT2D eigenvalue weighted by Crippen LogP contribution is 2.42. The van der Waals surface area contributed by atoms with E-state index in [1.807, 2.05) is 36.4 Å². The molecule has 0 aliphatic carbocycles. The van der Waals surface area contributed by atoms with Gasteiger partial charge in [0.15, 0.2) is 5.76 Å². The summed E-state index contributed by atoms with van der Waals surface area (Å²) in [6.07, 6.45) is 1.55. The molecule has 3 heterocycles. The summed E-state index contributed by atoms with van der Waals surface area (Å²) in [5.41, 5.74) is 2.57. The molecule has 0 radical (unpaired) electrons. The van der Waals surface area contributed by atoms with E-state index in [1.54, 1.807) is 0 Å². The number of hydrogen-bond donors (Lipinski definition) is 2. The molecule has 2 aliphatic heterocycles. The van der Waals surface area contributed by atoms with Gasteiger partial charge in [0.2, 0.25) is 9.04 Å². The number of aromatic nitrogens is 1. The van der Waals surface area contributed by atoms with Gasteiger partial charge in [-0.3, -0.25) is 14.9 Å². The van der Waals surface area contributed by atoms with Crippen LogP contribution in [0.5, 0.6) is 0 Å². The molecule has 40 heavy (non-hydrogen) atoms. The molecule has 7 heteroatoms. The summed E-state index contributed by atoms with van der Waals surface area (Å²) in [5, 5.41) is 16.3. The third kappa shape index (κ3) is 4.59. The van der Waals surface area contributed by atoms with E-state index in [2.05, 4.69) is 79.2 Å². The smallest absolute Gasteiger partial charge is 0.293 e. The Morgan fingerprint density at radius 1 is 0.900 bits per heavy atom. The normalized spacial score (nSPS) is 18.4. The van der Waals surface area contributed by atoms with Crippen molar-refractivity contribution in [3.05, 3.63) is 102 Å². The predicted molar refractivity (Wildman–Crippen MR) is 160 cm³/mol. The number of para-hydroxylation sites is 1. The topological polar surface area (TPSA) is 80.6 Å². The Bertz CT molecular complexity index is 1580. The second-order valence-corrected chi connectivity index (χ2v) is 14.2. The van der Waals surface area contributed by atoms with Gasteiger partial charge in [0.25, 0.3) is 11.8 Å². The summed E-state index contributed by atoms with van der Waals surface area (Å²) in [6, 6.07) is 29.0. The first kappa shape index (κ1) is 26.3. The summed E-state index contributed by atoms with van der Waals surface area (Å²) in [5.74, 6) is -1.61. The number of benzene rings is 3. The molecule has 4 aromatic rings. The minimum Gasteiger partial charge on any atom is -0.502 e.